The smallest absolute Gasteiger partial charge is 0.236 e. The van der Waals surface area contributed by atoms with Crippen LogP contribution in [0.2, 0.25) is 0 Å². The second kappa shape index (κ2) is 6.39. The summed E-state index contributed by atoms with van der Waals surface area (Å²) < 4.78 is 5.22. The van der Waals surface area contributed by atoms with Gasteiger partial charge in [-0.05, 0) is 7.05 Å². The number of ether oxygens (including phenoxy) is 1. The second-order valence-corrected chi connectivity index (χ2v) is 4.22. The van der Waals surface area contributed by atoms with Crippen molar-refractivity contribution < 1.29 is 9.53 Å². The molecule has 5 nitrogen and oxygen atoms in total. The summed E-state index contributed by atoms with van der Waals surface area (Å²) in [6.45, 7) is 5.40. The van der Waals surface area contributed by atoms with Gasteiger partial charge in [-0.1, -0.05) is 0 Å². The van der Waals surface area contributed by atoms with Gasteiger partial charge in [0.1, 0.15) is 0 Å². The molecule has 2 heterocycles. The van der Waals surface area contributed by atoms with Crippen LogP contribution in [0.1, 0.15) is 0 Å². The molecule has 0 saturated carbocycles. The number of carbonyl (C=O) groups is 1. The molecule has 2 saturated heterocycles. The SMILES string of the molecule is CN(CC(=O)N1CCOCC1)C1CNC1.Cl. The minimum absolute atomic E-state index is 0. The van der Waals surface area contributed by atoms with E-state index in [1.54, 1.807) is 0 Å². The zero-order valence-electron chi connectivity index (χ0n) is 9.65. The van der Waals surface area contributed by atoms with E-state index in [0.717, 1.165) is 26.2 Å². The molecule has 2 fully saturated rings. The number of amides is 1. The Labute approximate surface area is 103 Å². The lowest BCUT2D eigenvalue weighted by Crippen LogP contribution is -2.58. The van der Waals surface area contributed by atoms with E-state index in [1.165, 1.54) is 0 Å². The molecule has 94 valence electrons. The van der Waals surface area contributed by atoms with Gasteiger partial charge in [0.25, 0.3) is 0 Å². The molecule has 0 aliphatic carbocycles. The van der Waals surface area contributed by atoms with E-state index in [9.17, 15) is 4.79 Å². The van der Waals surface area contributed by atoms with Crippen molar-refractivity contribution in [2.75, 3.05) is 53.0 Å². The first-order valence-electron chi connectivity index (χ1n) is 5.54. The zero-order valence-corrected chi connectivity index (χ0v) is 10.5. The molecule has 0 aromatic rings. The first-order valence-corrected chi connectivity index (χ1v) is 5.54. The predicted molar refractivity (Wildman–Crippen MR) is 63.9 cm³/mol. The molecule has 0 bridgehead atoms. The normalized spacial score (nSPS) is 21.5. The third kappa shape index (κ3) is 3.31. The number of carbonyl (C=O) groups excluding carboxylic acids is 1. The average Bonchev–Trinajstić information content (AvgIpc) is 2.16. The lowest BCUT2D eigenvalue weighted by Gasteiger charge is -2.36. The Morgan fingerprint density at radius 2 is 2.06 bits per heavy atom. The van der Waals surface area contributed by atoms with Gasteiger partial charge >= 0.3 is 0 Å². The van der Waals surface area contributed by atoms with Crippen LogP contribution in [-0.2, 0) is 9.53 Å². The van der Waals surface area contributed by atoms with Gasteiger partial charge < -0.3 is 15.0 Å². The molecule has 1 amide bonds. The molecule has 2 aliphatic heterocycles. The summed E-state index contributed by atoms with van der Waals surface area (Å²) in [7, 11) is 2.02. The van der Waals surface area contributed by atoms with Gasteiger partial charge in [-0.2, -0.15) is 0 Å². The van der Waals surface area contributed by atoms with E-state index in [4.69, 9.17) is 4.74 Å². The van der Waals surface area contributed by atoms with Crippen molar-refractivity contribution in [3.63, 3.8) is 0 Å². The molecule has 0 radical (unpaired) electrons. The van der Waals surface area contributed by atoms with Crippen LogP contribution >= 0.6 is 12.4 Å². The van der Waals surface area contributed by atoms with Gasteiger partial charge in [0.15, 0.2) is 0 Å². The number of likely N-dealkylation sites (N-methyl/N-ethyl adjacent to an activating group) is 1. The molecule has 2 rings (SSSR count). The number of halogens is 1. The van der Waals surface area contributed by atoms with E-state index < -0.39 is 0 Å². The quantitative estimate of drug-likeness (QED) is 0.709. The second-order valence-electron chi connectivity index (χ2n) is 4.22. The number of morpholine rings is 1. The summed E-state index contributed by atoms with van der Waals surface area (Å²) in [6, 6.07) is 0.537. The van der Waals surface area contributed by atoms with Crippen LogP contribution in [-0.4, -0.2) is 74.7 Å². The van der Waals surface area contributed by atoms with E-state index in [0.29, 0.717) is 25.8 Å². The first kappa shape index (κ1) is 13.7. The van der Waals surface area contributed by atoms with Crippen molar-refractivity contribution in [3.8, 4) is 0 Å². The fraction of sp³-hybridized carbons (Fsp3) is 0.900. The third-order valence-electron chi connectivity index (χ3n) is 3.13. The van der Waals surface area contributed by atoms with Gasteiger partial charge in [0, 0.05) is 32.2 Å². The van der Waals surface area contributed by atoms with Crippen molar-refractivity contribution in [2.45, 2.75) is 6.04 Å². The summed E-state index contributed by atoms with van der Waals surface area (Å²) in [5.74, 6) is 0.229. The van der Waals surface area contributed by atoms with Gasteiger partial charge in [-0.25, -0.2) is 0 Å². The first-order chi connectivity index (χ1) is 7.27. The fourth-order valence-electron chi connectivity index (χ4n) is 1.84. The van der Waals surface area contributed by atoms with Crippen LogP contribution in [0.3, 0.4) is 0 Å². The summed E-state index contributed by atoms with van der Waals surface area (Å²) >= 11 is 0. The highest BCUT2D eigenvalue weighted by atomic mass is 35.5. The number of hydrogen-bond acceptors (Lipinski definition) is 4. The Kier molecular flexibility index (Phi) is 5.48. The number of nitrogens with zero attached hydrogens (tertiary/aromatic N) is 2. The highest BCUT2D eigenvalue weighted by Crippen LogP contribution is 2.04. The van der Waals surface area contributed by atoms with E-state index in [-0.39, 0.29) is 18.3 Å². The summed E-state index contributed by atoms with van der Waals surface area (Å²) in [5, 5.41) is 3.21. The van der Waals surface area contributed by atoms with Crippen molar-refractivity contribution in [3.05, 3.63) is 0 Å². The van der Waals surface area contributed by atoms with Crippen LogP contribution in [0.5, 0.6) is 0 Å². The van der Waals surface area contributed by atoms with E-state index in [2.05, 4.69) is 10.2 Å². The average molecular weight is 250 g/mol. The molecule has 0 aromatic heterocycles. The van der Waals surface area contributed by atoms with Crippen LogP contribution in [0.4, 0.5) is 0 Å². The molecule has 16 heavy (non-hydrogen) atoms. The maximum absolute atomic E-state index is 11.9. The Morgan fingerprint density at radius 3 is 2.56 bits per heavy atom. The van der Waals surface area contributed by atoms with Gasteiger partial charge in [0.05, 0.1) is 19.8 Å². The zero-order chi connectivity index (χ0) is 10.7. The molecule has 6 heteroatoms. The van der Waals surface area contributed by atoms with Gasteiger partial charge in [0.2, 0.25) is 5.91 Å². The number of rotatable bonds is 3. The largest absolute Gasteiger partial charge is 0.378 e. The standard InChI is InChI=1S/C10H19N3O2.ClH/c1-12(9-6-11-7-9)8-10(14)13-2-4-15-5-3-13;/h9,11H,2-8H2,1H3;1H. The predicted octanol–water partition coefficient (Wildman–Crippen LogP) is -0.829. The Hall–Kier alpha value is -0.360. The highest BCUT2D eigenvalue weighted by molar-refractivity contribution is 5.85. The van der Waals surface area contributed by atoms with Crippen molar-refractivity contribution >= 4 is 18.3 Å². The van der Waals surface area contributed by atoms with Gasteiger partial charge in [-0.15, -0.1) is 12.4 Å². The minimum atomic E-state index is 0. The molecule has 0 atom stereocenters. The monoisotopic (exact) mass is 249 g/mol. The van der Waals surface area contributed by atoms with Crippen LogP contribution < -0.4 is 5.32 Å². The van der Waals surface area contributed by atoms with Crippen LogP contribution in [0.15, 0.2) is 0 Å². The van der Waals surface area contributed by atoms with Crippen molar-refractivity contribution in [1.82, 2.24) is 15.1 Å². The molecular formula is C10H20ClN3O2. The Balaban J connectivity index is 0.00000128. The molecule has 0 spiro atoms. The van der Waals surface area contributed by atoms with Crippen molar-refractivity contribution in [2.24, 2.45) is 0 Å². The highest BCUT2D eigenvalue weighted by Gasteiger charge is 2.25. The molecular weight excluding hydrogens is 230 g/mol. The summed E-state index contributed by atoms with van der Waals surface area (Å²) in [4.78, 5) is 15.9. The minimum Gasteiger partial charge on any atom is -0.378 e. The topological polar surface area (TPSA) is 44.8 Å². The lowest BCUT2D eigenvalue weighted by atomic mass is 10.1. The molecule has 0 aromatic carbocycles. The summed E-state index contributed by atoms with van der Waals surface area (Å²) in [5.41, 5.74) is 0. The van der Waals surface area contributed by atoms with Crippen molar-refractivity contribution in [1.29, 1.82) is 0 Å². The maximum Gasteiger partial charge on any atom is 0.236 e. The van der Waals surface area contributed by atoms with Crippen LogP contribution in [0.25, 0.3) is 0 Å². The van der Waals surface area contributed by atoms with Crippen LogP contribution in [0, 0.1) is 0 Å². The fourth-order valence-corrected chi connectivity index (χ4v) is 1.84. The van der Waals surface area contributed by atoms with Gasteiger partial charge in [-0.3, -0.25) is 9.69 Å². The summed E-state index contributed by atoms with van der Waals surface area (Å²) in [6.07, 6.45) is 0. The Morgan fingerprint density at radius 1 is 1.44 bits per heavy atom. The third-order valence-corrected chi connectivity index (χ3v) is 3.13. The van der Waals surface area contributed by atoms with E-state index >= 15 is 0 Å². The van der Waals surface area contributed by atoms with E-state index in [1.807, 2.05) is 11.9 Å². The number of nitrogens with one attached hydrogen (secondary N) is 1. The lowest BCUT2D eigenvalue weighted by molar-refractivity contribution is -0.136. The Bertz CT molecular complexity index is 230. The molecule has 2 aliphatic rings. The molecule has 0 unspecified atom stereocenters. The maximum atomic E-state index is 11.9. The number of hydrogen-bond donors (Lipinski definition) is 1. The molecule has 1 N–H and O–H groups in total.